The Kier molecular flexibility index (Phi) is 5.52. The molecule has 0 aliphatic carbocycles. The van der Waals surface area contributed by atoms with E-state index in [0.717, 1.165) is 0 Å². The minimum absolute atomic E-state index is 0.0921. The van der Waals surface area contributed by atoms with Gasteiger partial charge in [0.2, 0.25) is 5.91 Å². The third kappa shape index (κ3) is 3.89. The van der Waals surface area contributed by atoms with Crippen LogP contribution in [0.25, 0.3) is 0 Å². The van der Waals surface area contributed by atoms with Crippen LogP contribution in [0.5, 0.6) is 5.75 Å². The van der Waals surface area contributed by atoms with E-state index in [1.807, 2.05) is 0 Å². The van der Waals surface area contributed by atoms with Crippen LogP contribution in [0, 0.1) is 10.1 Å². The second kappa shape index (κ2) is 7.41. The molecule has 2 rings (SSSR count). The Morgan fingerprint density at radius 1 is 1.42 bits per heavy atom. The summed E-state index contributed by atoms with van der Waals surface area (Å²) in [6.45, 7) is 0.586. The number of carbonyl (C=O) groups is 1. The van der Waals surface area contributed by atoms with Crippen molar-refractivity contribution in [2.24, 2.45) is 0 Å². The molecular weight excluding hydrogens is 336 g/mol. The van der Waals surface area contributed by atoms with Crippen LogP contribution in [0.4, 0.5) is 5.69 Å². The molecule has 0 radical (unpaired) electrons. The van der Waals surface area contributed by atoms with Crippen molar-refractivity contribution < 1.29 is 19.2 Å². The highest BCUT2D eigenvalue weighted by atomic mass is 32.1. The molecule has 0 atom stereocenters. The number of carbonyl (C=O) groups excluding carboxylic acids is 1. The molecule has 24 heavy (non-hydrogen) atoms. The summed E-state index contributed by atoms with van der Waals surface area (Å²) in [5, 5.41) is 14.0. The van der Waals surface area contributed by atoms with Gasteiger partial charge in [0.15, 0.2) is 5.11 Å². The molecule has 1 aromatic carbocycles. The number of non-ortho nitro benzene ring substituents is 1. The van der Waals surface area contributed by atoms with Gasteiger partial charge in [0, 0.05) is 19.5 Å². The smallest absolute Gasteiger partial charge is 0.273 e. The molecule has 10 heteroatoms. The number of ether oxygens (including phenoxy) is 2. The maximum Gasteiger partial charge on any atom is 0.273 e. The molecular formula is C14H18N4O5S. The normalized spacial score (nSPS) is 14.9. The van der Waals surface area contributed by atoms with Crippen molar-refractivity contribution >= 4 is 28.9 Å². The first-order valence-electron chi connectivity index (χ1n) is 7.08. The molecule has 0 bridgehead atoms. The molecule has 3 N–H and O–H groups in total. The maximum atomic E-state index is 12.1. The van der Waals surface area contributed by atoms with Gasteiger partial charge >= 0.3 is 0 Å². The summed E-state index contributed by atoms with van der Waals surface area (Å²) in [7, 11) is 3.06. The topological polar surface area (TPSA) is 115 Å². The first kappa shape index (κ1) is 17.9. The third-order valence-corrected chi connectivity index (χ3v) is 4.05. The Morgan fingerprint density at radius 3 is 2.62 bits per heavy atom. The lowest BCUT2D eigenvalue weighted by molar-refractivity contribution is -0.385. The molecule has 1 aliphatic rings. The van der Waals surface area contributed by atoms with Crippen LogP contribution in [0.1, 0.15) is 12.0 Å². The number of nitrogens with one attached hydrogen (secondary N) is 3. The molecule has 1 amide bonds. The summed E-state index contributed by atoms with van der Waals surface area (Å²) in [5.41, 5.74) is 4.94. The molecule has 0 saturated carbocycles. The summed E-state index contributed by atoms with van der Waals surface area (Å²) in [6, 6.07) is 4.47. The summed E-state index contributed by atoms with van der Waals surface area (Å²) in [4.78, 5) is 22.7. The summed E-state index contributed by atoms with van der Waals surface area (Å²) in [5.74, 6) is 0.0572. The number of amides is 1. The van der Waals surface area contributed by atoms with Crippen molar-refractivity contribution in [3.63, 3.8) is 0 Å². The van der Waals surface area contributed by atoms with Gasteiger partial charge in [0.1, 0.15) is 5.75 Å². The Balaban J connectivity index is 2.20. The van der Waals surface area contributed by atoms with Crippen molar-refractivity contribution in [3.05, 3.63) is 33.9 Å². The number of nitrogens with zero attached hydrogens (tertiary/aromatic N) is 1. The fourth-order valence-corrected chi connectivity index (χ4v) is 2.42. The zero-order valence-corrected chi connectivity index (χ0v) is 14.1. The average molecular weight is 354 g/mol. The van der Waals surface area contributed by atoms with Gasteiger partial charge < -0.3 is 14.8 Å². The van der Waals surface area contributed by atoms with Crippen LogP contribution in [0.3, 0.4) is 0 Å². The number of hydrogen-bond acceptors (Lipinski definition) is 6. The molecule has 1 aliphatic heterocycles. The average Bonchev–Trinajstić information content (AvgIpc) is 2.55. The number of nitro benzene ring substituents is 1. The highest BCUT2D eigenvalue weighted by molar-refractivity contribution is 7.80. The molecule has 1 aromatic rings. The first-order chi connectivity index (χ1) is 11.4. The zero-order valence-electron chi connectivity index (χ0n) is 13.3. The lowest BCUT2D eigenvalue weighted by Crippen LogP contribution is -2.53. The third-order valence-electron chi connectivity index (χ3n) is 3.75. The highest BCUT2D eigenvalue weighted by Gasteiger charge is 2.43. The van der Waals surface area contributed by atoms with Crippen molar-refractivity contribution in [1.29, 1.82) is 0 Å². The van der Waals surface area contributed by atoms with E-state index in [0.29, 0.717) is 24.5 Å². The van der Waals surface area contributed by atoms with Gasteiger partial charge in [-0.1, -0.05) is 0 Å². The van der Waals surface area contributed by atoms with E-state index in [1.54, 1.807) is 13.1 Å². The fraction of sp³-hybridized carbons (Fsp3) is 0.429. The molecule has 0 unspecified atom stereocenters. The SMILES string of the molecule is CNC(=S)NNC(=O)CC1(c2cc(OC)cc([N+](=O)[O-])c2)COC1. The van der Waals surface area contributed by atoms with Crippen molar-refractivity contribution in [2.75, 3.05) is 27.4 Å². The quantitative estimate of drug-likeness (QED) is 0.395. The van der Waals surface area contributed by atoms with Crippen LogP contribution in [0.2, 0.25) is 0 Å². The molecule has 0 spiro atoms. The number of rotatable bonds is 5. The monoisotopic (exact) mass is 354 g/mol. The van der Waals surface area contributed by atoms with Crippen LogP contribution in [0.15, 0.2) is 18.2 Å². The van der Waals surface area contributed by atoms with Crippen LogP contribution >= 0.6 is 12.2 Å². The number of nitro groups is 1. The Morgan fingerprint density at radius 2 is 2.12 bits per heavy atom. The largest absolute Gasteiger partial charge is 0.496 e. The van der Waals surface area contributed by atoms with Gasteiger partial charge in [-0.25, -0.2) is 0 Å². The summed E-state index contributed by atoms with van der Waals surface area (Å²) in [6.07, 6.45) is 0.0939. The van der Waals surface area contributed by atoms with Crippen LogP contribution in [-0.4, -0.2) is 43.3 Å². The number of thiocarbonyl (C=S) groups is 1. The van der Waals surface area contributed by atoms with E-state index in [-0.39, 0.29) is 23.1 Å². The predicted molar refractivity (Wildman–Crippen MR) is 89.7 cm³/mol. The zero-order chi connectivity index (χ0) is 17.7. The predicted octanol–water partition coefficient (Wildman–Crippen LogP) is 0.387. The Labute approximate surface area is 143 Å². The maximum absolute atomic E-state index is 12.1. The van der Waals surface area contributed by atoms with Gasteiger partial charge in [-0.3, -0.25) is 25.8 Å². The minimum Gasteiger partial charge on any atom is -0.496 e. The molecule has 0 aromatic heterocycles. The van der Waals surface area contributed by atoms with E-state index in [9.17, 15) is 14.9 Å². The van der Waals surface area contributed by atoms with Gasteiger partial charge in [-0.05, 0) is 23.8 Å². The number of methoxy groups -OCH3 is 1. The second-order valence-corrected chi connectivity index (χ2v) is 5.79. The van der Waals surface area contributed by atoms with Crippen LogP contribution in [-0.2, 0) is 14.9 Å². The van der Waals surface area contributed by atoms with Crippen LogP contribution < -0.4 is 20.9 Å². The number of hydrogen-bond donors (Lipinski definition) is 3. The number of hydrazine groups is 1. The van der Waals surface area contributed by atoms with Crippen molar-refractivity contribution in [2.45, 2.75) is 11.8 Å². The fourth-order valence-electron chi connectivity index (χ4n) is 2.37. The highest BCUT2D eigenvalue weighted by Crippen LogP contribution is 2.39. The molecule has 1 saturated heterocycles. The Bertz CT molecular complexity index is 663. The molecule has 1 fully saturated rings. The van der Waals surface area contributed by atoms with Crippen molar-refractivity contribution in [1.82, 2.24) is 16.2 Å². The summed E-state index contributed by atoms with van der Waals surface area (Å²) < 4.78 is 10.4. The lowest BCUT2D eigenvalue weighted by atomic mass is 9.75. The molecule has 130 valence electrons. The lowest BCUT2D eigenvalue weighted by Gasteiger charge is -2.41. The van der Waals surface area contributed by atoms with Crippen molar-refractivity contribution in [3.8, 4) is 5.75 Å². The Hall–Kier alpha value is -2.46. The van der Waals surface area contributed by atoms with Gasteiger partial charge in [-0.15, -0.1) is 0 Å². The van der Waals surface area contributed by atoms with Gasteiger partial charge in [0.05, 0.1) is 36.7 Å². The van der Waals surface area contributed by atoms with Gasteiger partial charge in [-0.2, -0.15) is 0 Å². The standard InChI is InChI=1S/C14H18N4O5S/c1-15-13(24)17-16-12(19)6-14(7-23-8-14)9-3-10(18(20)21)5-11(4-9)22-2/h3-5H,6-8H2,1-2H3,(H,16,19)(H2,15,17,24). The minimum atomic E-state index is -0.633. The van der Waals surface area contributed by atoms with Gasteiger partial charge in [0.25, 0.3) is 5.69 Å². The molecule has 1 heterocycles. The van der Waals surface area contributed by atoms with E-state index in [4.69, 9.17) is 21.7 Å². The van der Waals surface area contributed by atoms with E-state index in [2.05, 4.69) is 16.2 Å². The first-order valence-corrected chi connectivity index (χ1v) is 7.49. The van der Waals surface area contributed by atoms with E-state index in [1.165, 1.54) is 19.2 Å². The van der Waals surface area contributed by atoms with E-state index >= 15 is 0 Å². The second-order valence-electron chi connectivity index (χ2n) is 5.38. The summed E-state index contributed by atoms with van der Waals surface area (Å²) >= 11 is 4.88. The van der Waals surface area contributed by atoms with E-state index < -0.39 is 10.3 Å². The number of benzene rings is 1. The molecule has 9 nitrogen and oxygen atoms in total.